The first-order valence-electron chi connectivity index (χ1n) is 8.37. The van der Waals surface area contributed by atoms with Crippen molar-refractivity contribution >= 4 is 0 Å². The van der Waals surface area contributed by atoms with Crippen LogP contribution in [0.1, 0.15) is 47.9 Å². The van der Waals surface area contributed by atoms with Crippen LogP contribution in [0.15, 0.2) is 48.5 Å². The molecule has 0 saturated heterocycles. The van der Waals surface area contributed by atoms with Crippen LogP contribution in [0.25, 0.3) is 0 Å². The molecule has 0 heterocycles. The Balaban J connectivity index is 1.84. The monoisotopic (exact) mass is 276 g/mol. The van der Waals surface area contributed by atoms with Crippen molar-refractivity contribution in [1.82, 2.24) is 0 Å². The zero-order valence-electron chi connectivity index (χ0n) is 13.1. The first-order chi connectivity index (χ1) is 10.2. The van der Waals surface area contributed by atoms with Crippen molar-refractivity contribution in [3.63, 3.8) is 0 Å². The Morgan fingerprint density at radius 3 is 1.43 bits per heavy atom. The molecule has 4 rings (SSSR count). The van der Waals surface area contributed by atoms with Crippen LogP contribution < -0.4 is 0 Å². The molecule has 0 nitrogen and oxygen atoms in total. The Hall–Kier alpha value is -1.56. The van der Waals surface area contributed by atoms with Gasteiger partial charge in [0.25, 0.3) is 0 Å². The number of hydrogen-bond donors (Lipinski definition) is 0. The zero-order valence-corrected chi connectivity index (χ0v) is 13.1. The molecule has 0 radical (unpaired) electrons. The molecule has 0 aromatic heterocycles. The van der Waals surface area contributed by atoms with E-state index in [4.69, 9.17) is 0 Å². The van der Waals surface area contributed by atoms with Crippen LogP contribution in [-0.4, -0.2) is 0 Å². The highest BCUT2D eigenvalue weighted by Gasteiger charge is 2.65. The molecule has 0 heteroatoms. The summed E-state index contributed by atoms with van der Waals surface area (Å²) in [5.74, 6) is 1.74. The summed E-state index contributed by atoms with van der Waals surface area (Å²) in [6.07, 6.45) is 5.65. The largest absolute Gasteiger partial charge is 0.0590 e. The molecule has 0 unspecified atom stereocenters. The fourth-order valence-electron chi connectivity index (χ4n) is 4.81. The lowest BCUT2D eigenvalue weighted by atomic mass is 9.83. The molecule has 2 aliphatic rings. The zero-order chi connectivity index (χ0) is 14.4. The highest BCUT2D eigenvalue weighted by molar-refractivity contribution is 5.50. The molecule has 0 spiro atoms. The summed E-state index contributed by atoms with van der Waals surface area (Å²) in [7, 11) is 0. The molecule has 2 aromatic rings. The molecule has 2 atom stereocenters. The maximum Gasteiger partial charge on any atom is 0.0265 e. The lowest BCUT2D eigenvalue weighted by Gasteiger charge is -2.20. The number of fused-ring (bicyclic) bond motifs is 1. The van der Waals surface area contributed by atoms with Gasteiger partial charge in [-0.2, -0.15) is 0 Å². The van der Waals surface area contributed by atoms with E-state index in [0.29, 0.717) is 5.41 Å². The van der Waals surface area contributed by atoms with Crippen LogP contribution >= 0.6 is 0 Å². The Morgan fingerprint density at radius 1 is 0.667 bits per heavy atom. The first kappa shape index (κ1) is 13.1. The summed E-state index contributed by atoms with van der Waals surface area (Å²) < 4.78 is 0. The van der Waals surface area contributed by atoms with E-state index >= 15 is 0 Å². The molecule has 0 amide bonds. The second kappa shape index (κ2) is 4.73. The molecule has 21 heavy (non-hydrogen) atoms. The Bertz CT molecular complexity index is 573. The van der Waals surface area contributed by atoms with E-state index in [0.717, 1.165) is 11.8 Å². The minimum Gasteiger partial charge on any atom is -0.0590 e. The van der Waals surface area contributed by atoms with Crippen LogP contribution in [0.3, 0.4) is 0 Å². The van der Waals surface area contributed by atoms with Crippen molar-refractivity contribution in [2.24, 2.45) is 11.8 Å². The molecule has 2 aliphatic carbocycles. The lowest BCUT2D eigenvalue weighted by molar-refractivity contribution is 0.480. The van der Waals surface area contributed by atoms with E-state index < -0.39 is 0 Å². The Kier molecular flexibility index (Phi) is 2.96. The highest BCUT2D eigenvalue weighted by atomic mass is 14.7. The van der Waals surface area contributed by atoms with Crippen molar-refractivity contribution in [3.05, 3.63) is 70.8 Å². The second-order valence-corrected chi connectivity index (χ2v) is 7.10. The summed E-state index contributed by atoms with van der Waals surface area (Å²) in [6.45, 7) is 4.37. The van der Waals surface area contributed by atoms with Crippen molar-refractivity contribution in [3.8, 4) is 0 Å². The van der Waals surface area contributed by atoms with Crippen molar-refractivity contribution < 1.29 is 0 Å². The average molecular weight is 276 g/mol. The summed E-state index contributed by atoms with van der Waals surface area (Å²) in [6, 6.07) is 18.7. The van der Waals surface area contributed by atoms with Crippen molar-refractivity contribution in [2.45, 2.75) is 44.9 Å². The molecule has 0 aliphatic heterocycles. The fraction of sp³-hybridized carbons (Fsp3) is 0.429. The third-order valence-corrected chi connectivity index (χ3v) is 5.89. The van der Waals surface area contributed by atoms with E-state index in [9.17, 15) is 0 Å². The SMILES string of the molecule is Cc1ccc(C2(c3ccc(C)cc3)[C@@H]3CCCC[C@@H]32)cc1. The van der Waals surface area contributed by atoms with Crippen molar-refractivity contribution in [2.75, 3.05) is 0 Å². The Labute approximate surface area is 128 Å². The summed E-state index contributed by atoms with van der Waals surface area (Å²) in [5, 5.41) is 0. The third-order valence-electron chi connectivity index (χ3n) is 5.89. The lowest BCUT2D eigenvalue weighted by Crippen LogP contribution is -2.14. The maximum absolute atomic E-state index is 2.38. The molecular weight excluding hydrogens is 252 g/mol. The van der Waals surface area contributed by atoms with Gasteiger partial charge >= 0.3 is 0 Å². The van der Waals surface area contributed by atoms with Crippen LogP contribution in [0.5, 0.6) is 0 Å². The van der Waals surface area contributed by atoms with Gasteiger partial charge in [-0.15, -0.1) is 0 Å². The van der Waals surface area contributed by atoms with E-state index in [-0.39, 0.29) is 0 Å². The predicted octanol–water partition coefficient (Wildman–Crippen LogP) is 5.41. The van der Waals surface area contributed by atoms with Crippen LogP contribution in [-0.2, 0) is 5.41 Å². The number of hydrogen-bond acceptors (Lipinski definition) is 0. The number of benzene rings is 2. The molecule has 0 bridgehead atoms. The maximum atomic E-state index is 2.38. The van der Waals surface area contributed by atoms with Gasteiger partial charge in [-0.3, -0.25) is 0 Å². The fourth-order valence-corrected chi connectivity index (χ4v) is 4.81. The Morgan fingerprint density at radius 2 is 1.05 bits per heavy atom. The smallest absolute Gasteiger partial charge is 0.0265 e. The molecule has 2 aromatic carbocycles. The predicted molar refractivity (Wildman–Crippen MR) is 88.6 cm³/mol. The number of aryl methyl sites for hydroxylation is 2. The average Bonchev–Trinajstić information content (AvgIpc) is 3.19. The standard InChI is InChI=1S/C21H24/c1-15-7-11-17(12-8-15)21(18-13-9-16(2)10-14-18)19-5-3-4-6-20(19)21/h7-14,19-20H,3-6H2,1-2H3/t19-,20+. The minimum absolute atomic E-state index is 0.317. The summed E-state index contributed by atoms with van der Waals surface area (Å²) in [5.41, 5.74) is 6.14. The van der Waals surface area contributed by atoms with E-state index in [1.54, 1.807) is 11.1 Å². The van der Waals surface area contributed by atoms with Crippen molar-refractivity contribution in [1.29, 1.82) is 0 Å². The van der Waals surface area contributed by atoms with Gasteiger partial charge in [0.15, 0.2) is 0 Å². The normalized spacial score (nSPS) is 26.2. The van der Waals surface area contributed by atoms with Gasteiger partial charge in [-0.05, 0) is 49.7 Å². The van der Waals surface area contributed by atoms with E-state index in [1.807, 2.05) is 0 Å². The third kappa shape index (κ3) is 1.88. The topological polar surface area (TPSA) is 0 Å². The molecule has 2 saturated carbocycles. The van der Waals surface area contributed by atoms with Gasteiger partial charge in [0, 0.05) is 5.41 Å². The van der Waals surface area contributed by atoms with Gasteiger partial charge in [0.2, 0.25) is 0 Å². The first-order valence-corrected chi connectivity index (χ1v) is 8.37. The van der Waals surface area contributed by atoms with Crippen LogP contribution in [0, 0.1) is 25.7 Å². The minimum atomic E-state index is 0.317. The van der Waals surface area contributed by atoms with E-state index in [1.165, 1.54) is 36.8 Å². The van der Waals surface area contributed by atoms with Crippen LogP contribution in [0.2, 0.25) is 0 Å². The van der Waals surface area contributed by atoms with Crippen LogP contribution in [0.4, 0.5) is 0 Å². The number of rotatable bonds is 2. The van der Waals surface area contributed by atoms with E-state index in [2.05, 4.69) is 62.4 Å². The van der Waals surface area contributed by atoms with Gasteiger partial charge in [0.1, 0.15) is 0 Å². The quantitative estimate of drug-likeness (QED) is 0.688. The molecular formula is C21H24. The summed E-state index contributed by atoms with van der Waals surface area (Å²) >= 11 is 0. The highest BCUT2D eigenvalue weighted by Crippen LogP contribution is 2.69. The molecule has 108 valence electrons. The summed E-state index contributed by atoms with van der Waals surface area (Å²) in [4.78, 5) is 0. The van der Waals surface area contributed by atoms with Gasteiger partial charge < -0.3 is 0 Å². The second-order valence-electron chi connectivity index (χ2n) is 7.10. The van der Waals surface area contributed by atoms with Gasteiger partial charge in [0.05, 0.1) is 0 Å². The van der Waals surface area contributed by atoms with Gasteiger partial charge in [-0.1, -0.05) is 72.5 Å². The molecule has 0 N–H and O–H groups in total. The molecule has 2 fully saturated rings. The van der Waals surface area contributed by atoms with Gasteiger partial charge in [-0.25, -0.2) is 0 Å².